The number of hydrogen-bond acceptors (Lipinski definition) is 3. The van der Waals surface area contributed by atoms with Crippen LogP contribution >= 0.6 is 11.6 Å². The Hall–Kier alpha value is -2.20. The molecule has 0 aliphatic heterocycles. The van der Waals surface area contributed by atoms with Gasteiger partial charge in [-0.15, -0.1) is 0 Å². The SMILES string of the molecule is Cc1ccc(Cl)cc1N.NC(=O)c1cccc(N)c1. The number of hydrogen-bond donors (Lipinski definition) is 3. The third kappa shape index (κ3) is 4.89. The minimum Gasteiger partial charge on any atom is -0.399 e. The Labute approximate surface area is 117 Å². The van der Waals surface area contributed by atoms with E-state index in [9.17, 15) is 4.79 Å². The van der Waals surface area contributed by atoms with Gasteiger partial charge in [0.2, 0.25) is 5.91 Å². The predicted molar refractivity (Wildman–Crippen MR) is 80.0 cm³/mol. The molecule has 0 heterocycles. The molecule has 0 bridgehead atoms. The number of carbonyl (C=O) groups is 1. The Morgan fingerprint density at radius 3 is 2.21 bits per heavy atom. The van der Waals surface area contributed by atoms with E-state index in [-0.39, 0.29) is 0 Å². The molecule has 0 aliphatic rings. The highest BCUT2D eigenvalue weighted by Crippen LogP contribution is 2.16. The molecule has 0 unspecified atom stereocenters. The largest absolute Gasteiger partial charge is 0.399 e. The molecule has 0 atom stereocenters. The van der Waals surface area contributed by atoms with Crippen molar-refractivity contribution in [2.24, 2.45) is 5.73 Å². The summed E-state index contributed by atoms with van der Waals surface area (Å²) >= 11 is 5.64. The van der Waals surface area contributed by atoms with Crippen molar-refractivity contribution in [3.8, 4) is 0 Å². The van der Waals surface area contributed by atoms with Crippen molar-refractivity contribution in [3.05, 3.63) is 58.6 Å². The van der Waals surface area contributed by atoms with Crippen LogP contribution in [-0.4, -0.2) is 5.91 Å². The molecule has 1 amide bonds. The van der Waals surface area contributed by atoms with Gasteiger partial charge in [0.1, 0.15) is 0 Å². The molecule has 2 aromatic rings. The summed E-state index contributed by atoms with van der Waals surface area (Å²) in [4.78, 5) is 10.5. The first-order valence-corrected chi connectivity index (χ1v) is 5.95. The Bertz CT molecular complexity index is 585. The summed E-state index contributed by atoms with van der Waals surface area (Å²) in [6.07, 6.45) is 0. The van der Waals surface area contributed by atoms with Crippen molar-refractivity contribution in [2.45, 2.75) is 6.92 Å². The van der Waals surface area contributed by atoms with E-state index in [4.69, 9.17) is 28.8 Å². The van der Waals surface area contributed by atoms with Crippen molar-refractivity contribution in [2.75, 3.05) is 11.5 Å². The van der Waals surface area contributed by atoms with Gasteiger partial charge in [-0.25, -0.2) is 0 Å². The van der Waals surface area contributed by atoms with Crippen molar-refractivity contribution in [1.82, 2.24) is 0 Å². The Kier molecular flexibility index (Phi) is 5.21. The Morgan fingerprint density at radius 1 is 1.11 bits per heavy atom. The zero-order valence-corrected chi connectivity index (χ0v) is 11.3. The van der Waals surface area contributed by atoms with Gasteiger partial charge < -0.3 is 17.2 Å². The topological polar surface area (TPSA) is 95.1 Å². The molecule has 0 saturated carbocycles. The fraction of sp³-hybridized carbons (Fsp3) is 0.0714. The molecule has 0 saturated heterocycles. The average Bonchev–Trinajstić information content (AvgIpc) is 2.35. The monoisotopic (exact) mass is 277 g/mol. The summed E-state index contributed by atoms with van der Waals surface area (Å²) in [6, 6.07) is 12.0. The van der Waals surface area contributed by atoms with E-state index in [1.54, 1.807) is 30.3 Å². The van der Waals surface area contributed by atoms with Gasteiger partial charge in [-0.1, -0.05) is 23.7 Å². The maximum Gasteiger partial charge on any atom is 0.248 e. The van der Waals surface area contributed by atoms with Gasteiger partial charge in [-0.3, -0.25) is 4.79 Å². The highest BCUT2D eigenvalue weighted by molar-refractivity contribution is 6.30. The number of aryl methyl sites for hydroxylation is 1. The number of anilines is 2. The fourth-order valence-electron chi connectivity index (χ4n) is 1.30. The van der Waals surface area contributed by atoms with Crippen LogP contribution in [-0.2, 0) is 0 Å². The third-order valence-electron chi connectivity index (χ3n) is 2.41. The highest BCUT2D eigenvalue weighted by atomic mass is 35.5. The Balaban J connectivity index is 0.000000191. The molecule has 0 fully saturated rings. The molecule has 0 aliphatic carbocycles. The van der Waals surface area contributed by atoms with Gasteiger partial charge in [-0.2, -0.15) is 0 Å². The fourth-order valence-corrected chi connectivity index (χ4v) is 1.48. The first kappa shape index (κ1) is 14.9. The van der Waals surface area contributed by atoms with Crippen LogP contribution in [0.3, 0.4) is 0 Å². The van der Waals surface area contributed by atoms with E-state index in [2.05, 4.69) is 0 Å². The molecular formula is C14H16ClN3O. The van der Waals surface area contributed by atoms with Gasteiger partial charge in [0.15, 0.2) is 0 Å². The lowest BCUT2D eigenvalue weighted by molar-refractivity contribution is 0.100. The quantitative estimate of drug-likeness (QED) is 0.699. The maximum atomic E-state index is 10.5. The molecule has 4 nitrogen and oxygen atoms in total. The van der Waals surface area contributed by atoms with Crippen LogP contribution in [0.4, 0.5) is 11.4 Å². The van der Waals surface area contributed by atoms with Crippen LogP contribution in [0.15, 0.2) is 42.5 Å². The molecule has 100 valence electrons. The van der Waals surface area contributed by atoms with Crippen LogP contribution in [0.2, 0.25) is 5.02 Å². The zero-order chi connectivity index (χ0) is 14.4. The summed E-state index contributed by atoms with van der Waals surface area (Å²) in [5.41, 5.74) is 18.7. The van der Waals surface area contributed by atoms with Crippen molar-refractivity contribution >= 4 is 28.9 Å². The summed E-state index contributed by atoms with van der Waals surface area (Å²) in [7, 11) is 0. The van der Waals surface area contributed by atoms with Gasteiger partial charge in [0.05, 0.1) is 0 Å². The van der Waals surface area contributed by atoms with Crippen LogP contribution in [0.1, 0.15) is 15.9 Å². The van der Waals surface area contributed by atoms with Gasteiger partial charge in [0, 0.05) is 22.0 Å². The van der Waals surface area contributed by atoms with Gasteiger partial charge >= 0.3 is 0 Å². The van der Waals surface area contributed by atoms with Gasteiger partial charge in [-0.05, 0) is 42.8 Å². The highest BCUT2D eigenvalue weighted by Gasteiger charge is 1.97. The van der Waals surface area contributed by atoms with Crippen LogP contribution < -0.4 is 17.2 Å². The lowest BCUT2D eigenvalue weighted by atomic mass is 10.2. The normalized spacial score (nSPS) is 9.37. The average molecular weight is 278 g/mol. The lowest BCUT2D eigenvalue weighted by Crippen LogP contribution is -2.10. The minimum atomic E-state index is -0.452. The van der Waals surface area contributed by atoms with E-state index in [0.29, 0.717) is 16.3 Å². The standard InChI is InChI=1S/C7H8ClN.C7H8N2O/c1-5-2-3-6(8)4-7(5)9;8-6-3-1-2-5(4-6)7(9)10/h2-4H,9H2,1H3;1-4H,8H2,(H2,9,10). The number of nitrogen functional groups attached to an aromatic ring is 2. The molecule has 5 heteroatoms. The minimum absolute atomic E-state index is 0.444. The van der Waals surface area contributed by atoms with Crippen LogP contribution in [0, 0.1) is 6.92 Å². The summed E-state index contributed by atoms with van der Waals surface area (Å²) in [5, 5.41) is 0.693. The molecule has 19 heavy (non-hydrogen) atoms. The van der Waals surface area contributed by atoms with E-state index < -0.39 is 5.91 Å². The van der Waals surface area contributed by atoms with E-state index in [1.807, 2.05) is 19.1 Å². The number of halogens is 1. The molecule has 6 N–H and O–H groups in total. The molecule has 0 radical (unpaired) electrons. The van der Waals surface area contributed by atoms with E-state index >= 15 is 0 Å². The second-order valence-corrected chi connectivity index (χ2v) is 4.43. The first-order chi connectivity index (χ1) is 8.90. The number of nitrogens with two attached hydrogens (primary N) is 3. The number of benzene rings is 2. The van der Waals surface area contributed by atoms with Gasteiger partial charge in [0.25, 0.3) is 0 Å². The van der Waals surface area contributed by atoms with E-state index in [0.717, 1.165) is 11.3 Å². The summed E-state index contributed by atoms with van der Waals surface area (Å²) in [6.45, 7) is 1.95. The second kappa shape index (κ2) is 6.66. The van der Waals surface area contributed by atoms with Crippen molar-refractivity contribution in [1.29, 1.82) is 0 Å². The maximum absolute atomic E-state index is 10.5. The van der Waals surface area contributed by atoms with Crippen molar-refractivity contribution in [3.63, 3.8) is 0 Å². The molecule has 0 aromatic heterocycles. The number of rotatable bonds is 1. The molecule has 2 aromatic carbocycles. The molecule has 2 rings (SSSR count). The third-order valence-corrected chi connectivity index (χ3v) is 2.65. The number of amides is 1. The number of primary amides is 1. The smallest absolute Gasteiger partial charge is 0.248 e. The first-order valence-electron chi connectivity index (χ1n) is 5.57. The summed E-state index contributed by atoms with van der Waals surface area (Å²) < 4.78 is 0. The Morgan fingerprint density at radius 2 is 1.79 bits per heavy atom. The number of carbonyl (C=O) groups excluding carboxylic acids is 1. The van der Waals surface area contributed by atoms with Crippen LogP contribution in [0.25, 0.3) is 0 Å². The molecular weight excluding hydrogens is 262 g/mol. The van der Waals surface area contributed by atoms with Crippen LogP contribution in [0.5, 0.6) is 0 Å². The predicted octanol–water partition coefficient (Wildman–Crippen LogP) is 2.60. The summed E-state index contributed by atoms with van der Waals surface area (Å²) in [5.74, 6) is -0.452. The van der Waals surface area contributed by atoms with E-state index in [1.165, 1.54) is 0 Å². The zero-order valence-electron chi connectivity index (χ0n) is 10.6. The molecule has 0 spiro atoms. The second-order valence-electron chi connectivity index (χ2n) is 3.99. The lowest BCUT2D eigenvalue weighted by Gasteiger charge is -1.97. The van der Waals surface area contributed by atoms with Crippen molar-refractivity contribution < 1.29 is 4.79 Å².